The lowest BCUT2D eigenvalue weighted by Gasteiger charge is -2.15. The first-order valence-electron chi connectivity index (χ1n) is 6.65. The summed E-state index contributed by atoms with van der Waals surface area (Å²) in [6.45, 7) is 3.25. The molecule has 0 saturated carbocycles. The summed E-state index contributed by atoms with van der Waals surface area (Å²) >= 11 is 0. The van der Waals surface area contributed by atoms with Gasteiger partial charge in [0, 0.05) is 5.56 Å². The monoisotopic (exact) mass is 288 g/mol. The Kier molecular flexibility index (Phi) is 4.70. The Morgan fingerprint density at radius 3 is 2.71 bits per heavy atom. The molecule has 110 valence electrons. The summed E-state index contributed by atoms with van der Waals surface area (Å²) in [5.41, 5.74) is 1.85. The van der Waals surface area contributed by atoms with Gasteiger partial charge in [0.25, 0.3) is 0 Å². The molecule has 0 aliphatic rings. The molecule has 2 aromatic rings. The number of rotatable bonds is 5. The van der Waals surface area contributed by atoms with Crippen molar-refractivity contribution in [3.8, 4) is 5.75 Å². The van der Waals surface area contributed by atoms with Crippen LogP contribution in [0.3, 0.4) is 0 Å². The summed E-state index contributed by atoms with van der Waals surface area (Å²) in [7, 11) is 0. The molecule has 0 aliphatic heterocycles. The van der Waals surface area contributed by atoms with E-state index in [4.69, 9.17) is 4.74 Å². The van der Waals surface area contributed by atoms with Crippen molar-refractivity contribution in [2.75, 3.05) is 6.61 Å². The molecule has 0 heterocycles. The average molecular weight is 288 g/mol. The van der Waals surface area contributed by atoms with Crippen LogP contribution in [0, 0.1) is 12.7 Å². The van der Waals surface area contributed by atoms with Crippen LogP contribution in [0.15, 0.2) is 42.5 Å². The minimum atomic E-state index is -0.855. The number of halogens is 1. The van der Waals surface area contributed by atoms with E-state index < -0.39 is 6.10 Å². The fourth-order valence-electron chi connectivity index (χ4n) is 2.08. The van der Waals surface area contributed by atoms with E-state index in [1.807, 2.05) is 0 Å². The van der Waals surface area contributed by atoms with Crippen molar-refractivity contribution in [2.24, 2.45) is 0 Å². The number of hydrogen-bond donors (Lipinski definition) is 1. The Morgan fingerprint density at radius 2 is 2.05 bits per heavy atom. The zero-order valence-electron chi connectivity index (χ0n) is 12.0. The van der Waals surface area contributed by atoms with Crippen LogP contribution in [0.25, 0.3) is 0 Å². The van der Waals surface area contributed by atoms with Gasteiger partial charge >= 0.3 is 0 Å². The molecular weight excluding hydrogens is 271 g/mol. The lowest BCUT2D eigenvalue weighted by atomic mass is 10.0. The van der Waals surface area contributed by atoms with Crippen LogP contribution in [0.1, 0.15) is 34.5 Å². The number of Topliss-reactive ketones (excluding diaryl/α,β-unsaturated/α-hetero) is 1. The highest BCUT2D eigenvalue weighted by molar-refractivity contribution is 5.94. The van der Waals surface area contributed by atoms with Gasteiger partial charge in [-0.1, -0.05) is 18.2 Å². The average Bonchev–Trinajstić information content (AvgIpc) is 2.45. The molecule has 0 amide bonds. The Morgan fingerprint density at radius 1 is 1.29 bits per heavy atom. The highest BCUT2D eigenvalue weighted by Crippen LogP contribution is 2.21. The molecule has 2 rings (SSSR count). The van der Waals surface area contributed by atoms with Gasteiger partial charge < -0.3 is 9.84 Å². The van der Waals surface area contributed by atoms with Gasteiger partial charge in [0.05, 0.1) is 0 Å². The fraction of sp³-hybridized carbons (Fsp3) is 0.235. The van der Waals surface area contributed by atoms with E-state index in [0.29, 0.717) is 22.4 Å². The van der Waals surface area contributed by atoms with Gasteiger partial charge in [-0.15, -0.1) is 0 Å². The van der Waals surface area contributed by atoms with Crippen molar-refractivity contribution in [2.45, 2.75) is 20.0 Å². The lowest BCUT2D eigenvalue weighted by molar-refractivity contribution is 0.101. The van der Waals surface area contributed by atoms with Crippen molar-refractivity contribution >= 4 is 5.78 Å². The van der Waals surface area contributed by atoms with Gasteiger partial charge in [-0.3, -0.25) is 4.79 Å². The molecule has 4 heteroatoms. The first-order chi connectivity index (χ1) is 9.97. The van der Waals surface area contributed by atoms with E-state index in [2.05, 4.69) is 0 Å². The van der Waals surface area contributed by atoms with Crippen molar-refractivity contribution in [3.63, 3.8) is 0 Å². The van der Waals surface area contributed by atoms with Crippen molar-refractivity contribution in [1.82, 2.24) is 0 Å². The number of aryl methyl sites for hydroxylation is 1. The number of carbonyl (C=O) groups excluding carboxylic acids is 1. The molecule has 0 saturated heterocycles. The third-order valence-electron chi connectivity index (χ3n) is 3.24. The summed E-state index contributed by atoms with van der Waals surface area (Å²) in [4.78, 5) is 11.3. The SMILES string of the molecule is CC(=O)c1cccc(OCC(O)c2ccc(F)cc2C)c1. The second-order valence-corrected chi connectivity index (χ2v) is 4.91. The minimum absolute atomic E-state index is 0.0355. The van der Waals surface area contributed by atoms with Crippen molar-refractivity contribution < 1.29 is 19.0 Å². The molecule has 1 atom stereocenters. The summed E-state index contributed by atoms with van der Waals surface area (Å²) in [5, 5.41) is 10.1. The predicted molar refractivity (Wildman–Crippen MR) is 78.0 cm³/mol. The number of ketones is 1. The van der Waals surface area contributed by atoms with E-state index in [1.54, 1.807) is 37.3 Å². The van der Waals surface area contributed by atoms with Crippen LogP contribution in [0.4, 0.5) is 4.39 Å². The number of ether oxygens (including phenoxy) is 1. The van der Waals surface area contributed by atoms with Gasteiger partial charge in [0.1, 0.15) is 24.3 Å². The Labute approximate surface area is 123 Å². The first kappa shape index (κ1) is 15.2. The van der Waals surface area contributed by atoms with Gasteiger partial charge in [-0.25, -0.2) is 4.39 Å². The largest absolute Gasteiger partial charge is 0.491 e. The third-order valence-corrected chi connectivity index (χ3v) is 3.24. The molecular formula is C17H17FO3. The molecule has 1 unspecified atom stereocenters. The predicted octanol–water partition coefficient (Wildman–Crippen LogP) is 3.45. The standard InChI is InChI=1S/C17H17FO3/c1-11-8-14(18)6-7-16(11)17(20)10-21-15-5-3-4-13(9-15)12(2)19/h3-9,17,20H,10H2,1-2H3. The molecule has 3 nitrogen and oxygen atoms in total. The highest BCUT2D eigenvalue weighted by Gasteiger charge is 2.12. The molecule has 21 heavy (non-hydrogen) atoms. The summed E-state index contributed by atoms with van der Waals surface area (Å²) < 4.78 is 18.5. The fourth-order valence-corrected chi connectivity index (χ4v) is 2.08. The van der Waals surface area contributed by atoms with Gasteiger partial charge in [0.15, 0.2) is 5.78 Å². The molecule has 1 N–H and O–H groups in total. The number of benzene rings is 2. The Bertz CT molecular complexity index is 652. The smallest absolute Gasteiger partial charge is 0.159 e. The van der Waals surface area contributed by atoms with Crippen LogP contribution >= 0.6 is 0 Å². The van der Waals surface area contributed by atoms with Crippen LogP contribution in [0.5, 0.6) is 5.75 Å². The normalized spacial score (nSPS) is 12.0. The summed E-state index contributed by atoms with van der Waals surface area (Å²) in [6, 6.07) is 11.0. The van der Waals surface area contributed by atoms with Crippen LogP contribution in [-0.2, 0) is 0 Å². The number of aliphatic hydroxyl groups excluding tert-OH is 1. The molecule has 0 spiro atoms. The maximum absolute atomic E-state index is 13.0. The van der Waals surface area contributed by atoms with Crippen molar-refractivity contribution in [1.29, 1.82) is 0 Å². The molecule has 0 radical (unpaired) electrons. The number of carbonyl (C=O) groups is 1. The van der Waals surface area contributed by atoms with E-state index in [9.17, 15) is 14.3 Å². The molecule has 0 aromatic heterocycles. The van der Waals surface area contributed by atoms with Gasteiger partial charge in [-0.05, 0) is 49.2 Å². The van der Waals surface area contributed by atoms with Gasteiger partial charge in [0.2, 0.25) is 0 Å². The highest BCUT2D eigenvalue weighted by atomic mass is 19.1. The van der Waals surface area contributed by atoms with Crippen LogP contribution in [-0.4, -0.2) is 17.5 Å². The first-order valence-corrected chi connectivity index (χ1v) is 6.65. The maximum atomic E-state index is 13.0. The second kappa shape index (κ2) is 6.50. The Hall–Kier alpha value is -2.20. The van der Waals surface area contributed by atoms with Gasteiger partial charge in [-0.2, -0.15) is 0 Å². The zero-order valence-corrected chi connectivity index (χ0v) is 12.0. The summed E-state index contributed by atoms with van der Waals surface area (Å²) in [5.74, 6) is 0.135. The number of aliphatic hydroxyl groups is 1. The van der Waals surface area contributed by atoms with Crippen LogP contribution < -0.4 is 4.74 Å². The number of hydrogen-bond acceptors (Lipinski definition) is 3. The topological polar surface area (TPSA) is 46.5 Å². The lowest BCUT2D eigenvalue weighted by Crippen LogP contribution is -2.11. The molecule has 0 fully saturated rings. The second-order valence-electron chi connectivity index (χ2n) is 4.91. The van der Waals surface area contributed by atoms with E-state index >= 15 is 0 Å². The molecule has 0 aliphatic carbocycles. The minimum Gasteiger partial charge on any atom is -0.491 e. The van der Waals surface area contributed by atoms with E-state index in [0.717, 1.165) is 0 Å². The quantitative estimate of drug-likeness (QED) is 0.857. The van der Waals surface area contributed by atoms with Crippen molar-refractivity contribution in [3.05, 3.63) is 65.0 Å². The molecule has 0 bridgehead atoms. The zero-order chi connectivity index (χ0) is 15.4. The van der Waals surface area contributed by atoms with E-state index in [1.165, 1.54) is 19.1 Å². The van der Waals surface area contributed by atoms with Crippen LogP contribution in [0.2, 0.25) is 0 Å². The molecule has 2 aromatic carbocycles. The summed E-state index contributed by atoms with van der Waals surface area (Å²) in [6.07, 6.45) is -0.855. The maximum Gasteiger partial charge on any atom is 0.159 e. The third kappa shape index (κ3) is 3.89. The Balaban J connectivity index is 2.05. The van der Waals surface area contributed by atoms with E-state index in [-0.39, 0.29) is 18.2 Å².